The van der Waals surface area contributed by atoms with E-state index in [0.717, 1.165) is 21.8 Å². The van der Waals surface area contributed by atoms with Crippen molar-refractivity contribution >= 4 is 17.5 Å². The lowest BCUT2D eigenvalue weighted by molar-refractivity contribution is 0.0984. The van der Waals surface area contributed by atoms with Gasteiger partial charge in [0.25, 0.3) is 0 Å². The fourth-order valence-electron chi connectivity index (χ4n) is 2.71. The van der Waals surface area contributed by atoms with Crippen LogP contribution in [0.5, 0.6) is 0 Å². The first-order valence-electron chi connectivity index (χ1n) is 6.87. The van der Waals surface area contributed by atoms with Crippen LogP contribution in [0.2, 0.25) is 0 Å². The Bertz CT molecular complexity index is 807. The van der Waals surface area contributed by atoms with Crippen molar-refractivity contribution in [3.8, 4) is 5.69 Å². The van der Waals surface area contributed by atoms with Crippen LogP contribution in [-0.4, -0.2) is 10.4 Å². The Kier molecular flexibility index (Phi) is 2.93. The number of fused-ring (bicyclic) bond motifs is 3. The molecule has 1 aromatic heterocycles. The predicted octanol–water partition coefficient (Wildman–Crippen LogP) is 4.51. The number of Topliss-reactive ketones (excluding diaryl/α,β-unsaturated/α-hetero) is 1. The van der Waals surface area contributed by atoms with E-state index in [1.54, 1.807) is 11.8 Å². The molecule has 1 atom stereocenters. The zero-order chi connectivity index (χ0) is 14.2. The lowest BCUT2D eigenvalue weighted by Gasteiger charge is -2.13. The maximum atomic E-state index is 12.9. The summed E-state index contributed by atoms with van der Waals surface area (Å²) in [6.45, 7) is 0. The second kappa shape index (κ2) is 4.93. The summed E-state index contributed by atoms with van der Waals surface area (Å²) in [5.74, 6) is 0.160. The van der Waals surface area contributed by atoms with Crippen LogP contribution in [0.3, 0.4) is 0 Å². The zero-order valence-electron chi connectivity index (χ0n) is 11.3. The average molecular weight is 291 g/mol. The third-order valence-electron chi connectivity index (χ3n) is 3.71. The largest absolute Gasteiger partial charge is 0.313 e. The Balaban J connectivity index is 1.93. The van der Waals surface area contributed by atoms with Crippen LogP contribution in [0, 0.1) is 0 Å². The van der Waals surface area contributed by atoms with Gasteiger partial charge in [0.05, 0.1) is 16.6 Å². The molecule has 0 unspecified atom stereocenters. The number of rotatable bonds is 1. The molecule has 0 N–H and O–H groups in total. The number of aromatic nitrogens is 1. The Labute approximate surface area is 127 Å². The summed E-state index contributed by atoms with van der Waals surface area (Å²) in [4.78, 5) is 14.1. The third kappa shape index (κ3) is 2.01. The first kappa shape index (κ1) is 12.5. The number of hydrogen-bond acceptors (Lipinski definition) is 2. The third-order valence-corrected chi connectivity index (χ3v) is 5.03. The molecule has 3 aromatic rings. The molecule has 102 valence electrons. The van der Waals surface area contributed by atoms with Crippen molar-refractivity contribution in [1.82, 2.24) is 4.57 Å². The summed E-state index contributed by atoms with van der Waals surface area (Å²) < 4.78 is 1.99. The fraction of sp³-hybridized carbons (Fsp3) is 0.0556. The van der Waals surface area contributed by atoms with Gasteiger partial charge in [0.1, 0.15) is 0 Å². The van der Waals surface area contributed by atoms with E-state index < -0.39 is 0 Å². The quantitative estimate of drug-likeness (QED) is 0.658. The molecule has 3 heteroatoms. The summed E-state index contributed by atoms with van der Waals surface area (Å²) in [5.41, 5.74) is 2.88. The molecule has 1 aliphatic rings. The smallest absolute Gasteiger partial charge is 0.197 e. The molecule has 2 heterocycles. The molecule has 21 heavy (non-hydrogen) atoms. The van der Waals surface area contributed by atoms with Gasteiger partial charge in [-0.05, 0) is 29.8 Å². The number of nitrogens with zero attached hydrogens (tertiary/aromatic N) is 1. The number of carbonyl (C=O) groups excluding carboxylic acids is 1. The zero-order valence-corrected chi connectivity index (χ0v) is 12.1. The van der Waals surface area contributed by atoms with Crippen LogP contribution < -0.4 is 0 Å². The van der Waals surface area contributed by atoms with E-state index in [1.807, 2.05) is 65.4 Å². The summed E-state index contributed by atoms with van der Waals surface area (Å²) in [6.07, 6.45) is 1.96. The average Bonchev–Trinajstić information content (AvgIpc) is 2.98. The summed E-state index contributed by atoms with van der Waals surface area (Å²) in [5, 5.41) is -0.191. The van der Waals surface area contributed by atoms with E-state index in [1.165, 1.54) is 0 Å². The molecule has 0 saturated heterocycles. The van der Waals surface area contributed by atoms with Crippen molar-refractivity contribution < 1.29 is 4.79 Å². The van der Waals surface area contributed by atoms with E-state index in [4.69, 9.17) is 0 Å². The molecule has 4 rings (SSSR count). The summed E-state index contributed by atoms with van der Waals surface area (Å²) in [7, 11) is 0. The van der Waals surface area contributed by atoms with Crippen LogP contribution in [0.4, 0.5) is 0 Å². The Hall–Kier alpha value is -2.26. The van der Waals surface area contributed by atoms with Gasteiger partial charge in [-0.3, -0.25) is 4.79 Å². The normalized spacial score (nSPS) is 17.0. The van der Waals surface area contributed by atoms with E-state index in [2.05, 4.69) is 12.1 Å². The number of thioether (sulfide) groups is 1. The van der Waals surface area contributed by atoms with Crippen LogP contribution in [-0.2, 0) is 0 Å². The van der Waals surface area contributed by atoms with Crippen molar-refractivity contribution in [3.05, 3.63) is 84.2 Å². The minimum atomic E-state index is -0.191. The molecule has 0 bridgehead atoms. The highest BCUT2D eigenvalue weighted by Crippen LogP contribution is 2.43. The van der Waals surface area contributed by atoms with Gasteiger partial charge in [0, 0.05) is 11.1 Å². The fourth-order valence-corrected chi connectivity index (χ4v) is 3.93. The van der Waals surface area contributed by atoms with Crippen molar-refractivity contribution in [2.75, 3.05) is 0 Å². The predicted molar refractivity (Wildman–Crippen MR) is 85.1 cm³/mol. The molecule has 2 nitrogen and oxygen atoms in total. The molecule has 0 spiro atoms. The minimum Gasteiger partial charge on any atom is -0.313 e. The maximum absolute atomic E-state index is 12.9. The molecular formula is C18H13NOS. The van der Waals surface area contributed by atoms with Gasteiger partial charge in [0.2, 0.25) is 0 Å². The van der Waals surface area contributed by atoms with Gasteiger partial charge in [-0.1, -0.05) is 42.5 Å². The maximum Gasteiger partial charge on any atom is 0.197 e. The van der Waals surface area contributed by atoms with Crippen molar-refractivity contribution in [3.63, 3.8) is 0 Å². The van der Waals surface area contributed by atoms with Gasteiger partial charge in [-0.25, -0.2) is 0 Å². The SMILES string of the molecule is O=C1c2cccn2-c2ccccc2S[C@@H]1c1ccccc1. The molecule has 0 fully saturated rings. The summed E-state index contributed by atoms with van der Waals surface area (Å²) in [6, 6.07) is 22.0. The number of ketones is 1. The number of carbonyl (C=O) groups is 1. The molecule has 0 amide bonds. The summed E-state index contributed by atoms with van der Waals surface area (Å²) >= 11 is 1.63. The number of benzene rings is 2. The van der Waals surface area contributed by atoms with Gasteiger partial charge in [-0.2, -0.15) is 0 Å². The highest BCUT2D eigenvalue weighted by molar-refractivity contribution is 8.00. The number of hydrogen-bond donors (Lipinski definition) is 0. The standard InChI is InChI=1S/C18H13NOS/c20-17-15-10-6-12-19(15)14-9-4-5-11-16(14)21-18(17)13-7-2-1-3-8-13/h1-12,18H/t18-/m1/s1. The van der Waals surface area contributed by atoms with Crippen molar-refractivity contribution in [1.29, 1.82) is 0 Å². The molecule has 0 aliphatic carbocycles. The van der Waals surface area contributed by atoms with Gasteiger partial charge in [-0.15, -0.1) is 11.8 Å². The first-order valence-corrected chi connectivity index (χ1v) is 7.75. The topological polar surface area (TPSA) is 22.0 Å². The second-order valence-electron chi connectivity index (χ2n) is 5.00. The molecule has 1 aliphatic heterocycles. The highest BCUT2D eigenvalue weighted by Gasteiger charge is 2.29. The molecule has 2 aromatic carbocycles. The van der Waals surface area contributed by atoms with E-state index in [0.29, 0.717) is 0 Å². The lowest BCUT2D eigenvalue weighted by Crippen LogP contribution is -2.11. The van der Waals surface area contributed by atoms with Gasteiger partial charge in [0.15, 0.2) is 5.78 Å². The van der Waals surface area contributed by atoms with Gasteiger partial charge >= 0.3 is 0 Å². The monoisotopic (exact) mass is 291 g/mol. The Morgan fingerprint density at radius 3 is 2.48 bits per heavy atom. The van der Waals surface area contributed by atoms with Crippen LogP contribution in [0.25, 0.3) is 5.69 Å². The molecular weight excluding hydrogens is 278 g/mol. The van der Waals surface area contributed by atoms with E-state index in [9.17, 15) is 4.79 Å². The Morgan fingerprint density at radius 1 is 0.857 bits per heavy atom. The second-order valence-corrected chi connectivity index (χ2v) is 6.15. The van der Waals surface area contributed by atoms with Crippen molar-refractivity contribution in [2.45, 2.75) is 10.1 Å². The minimum absolute atomic E-state index is 0.160. The van der Waals surface area contributed by atoms with Crippen LogP contribution in [0.1, 0.15) is 21.3 Å². The lowest BCUT2D eigenvalue weighted by atomic mass is 10.1. The van der Waals surface area contributed by atoms with E-state index >= 15 is 0 Å². The van der Waals surface area contributed by atoms with E-state index in [-0.39, 0.29) is 11.0 Å². The highest BCUT2D eigenvalue weighted by atomic mass is 32.2. The van der Waals surface area contributed by atoms with Crippen LogP contribution >= 0.6 is 11.8 Å². The number of para-hydroxylation sites is 1. The first-order chi connectivity index (χ1) is 10.3. The Morgan fingerprint density at radius 2 is 1.62 bits per heavy atom. The van der Waals surface area contributed by atoms with Crippen molar-refractivity contribution in [2.24, 2.45) is 0 Å². The van der Waals surface area contributed by atoms with Gasteiger partial charge < -0.3 is 4.57 Å². The molecule has 0 saturated carbocycles. The molecule has 0 radical (unpaired) electrons. The van der Waals surface area contributed by atoms with Crippen LogP contribution in [0.15, 0.2) is 77.8 Å².